The summed E-state index contributed by atoms with van der Waals surface area (Å²) in [5.74, 6) is 0.894. The summed E-state index contributed by atoms with van der Waals surface area (Å²) in [6.07, 6.45) is 2.33. The van der Waals surface area contributed by atoms with Crippen molar-refractivity contribution in [3.63, 3.8) is 0 Å². The predicted octanol–water partition coefficient (Wildman–Crippen LogP) is 3.23. The first kappa shape index (κ1) is 15.5. The van der Waals surface area contributed by atoms with E-state index >= 15 is 0 Å². The molecule has 4 heteroatoms. The fraction of sp³-hybridized carbons (Fsp3) is 0.571. The second-order valence-corrected chi connectivity index (χ2v) is 4.94. The van der Waals surface area contributed by atoms with Gasteiger partial charge in [0.25, 0.3) is 0 Å². The number of halogens is 1. The highest BCUT2D eigenvalue weighted by Gasteiger charge is 1.94. The second kappa shape index (κ2) is 10.4. The lowest BCUT2D eigenvalue weighted by molar-refractivity contribution is 0.132. The standard InChI is InChI=1S/C14H22BrNO2/c1-2-3-9-17-10-7-16-8-11-18-14-6-4-5-13(15)12-14/h4-6,12,16H,2-3,7-11H2,1H3. The van der Waals surface area contributed by atoms with Crippen LogP contribution in [0.2, 0.25) is 0 Å². The fourth-order valence-corrected chi connectivity index (χ4v) is 1.79. The van der Waals surface area contributed by atoms with E-state index in [0.717, 1.165) is 42.9 Å². The van der Waals surface area contributed by atoms with Gasteiger partial charge in [0.15, 0.2) is 0 Å². The predicted molar refractivity (Wildman–Crippen MR) is 78.2 cm³/mol. The maximum atomic E-state index is 5.60. The fourth-order valence-electron chi connectivity index (χ4n) is 1.42. The number of hydrogen-bond acceptors (Lipinski definition) is 3. The van der Waals surface area contributed by atoms with Crippen molar-refractivity contribution < 1.29 is 9.47 Å². The number of ether oxygens (including phenoxy) is 2. The maximum absolute atomic E-state index is 5.60. The van der Waals surface area contributed by atoms with Crippen molar-refractivity contribution in [3.05, 3.63) is 28.7 Å². The van der Waals surface area contributed by atoms with Gasteiger partial charge in [-0.1, -0.05) is 35.3 Å². The van der Waals surface area contributed by atoms with E-state index in [-0.39, 0.29) is 0 Å². The van der Waals surface area contributed by atoms with E-state index in [4.69, 9.17) is 9.47 Å². The molecule has 0 aliphatic carbocycles. The van der Waals surface area contributed by atoms with Crippen molar-refractivity contribution >= 4 is 15.9 Å². The van der Waals surface area contributed by atoms with Crippen LogP contribution in [0.1, 0.15) is 19.8 Å². The molecule has 0 saturated heterocycles. The summed E-state index contributed by atoms with van der Waals surface area (Å²) in [6.45, 7) is 6.20. The minimum absolute atomic E-state index is 0.672. The lowest BCUT2D eigenvalue weighted by atomic mass is 10.3. The number of nitrogens with one attached hydrogen (secondary N) is 1. The van der Waals surface area contributed by atoms with Crippen molar-refractivity contribution in [2.24, 2.45) is 0 Å². The highest BCUT2D eigenvalue weighted by atomic mass is 79.9. The molecule has 0 spiro atoms. The van der Waals surface area contributed by atoms with E-state index in [1.807, 2.05) is 24.3 Å². The van der Waals surface area contributed by atoms with E-state index in [1.165, 1.54) is 6.42 Å². The molecule has 18 heavy (non-hydrogen) atoms. The average Bonchev–Trinajstić information content (AvgIpc) is 2.37. The Bertz CT molecular complexity index is 320. The molecule has 102 valence electrons. The molecule has 0 aromatic heterocycles. The monoisotopic (exact) mass is 315 g/mol. The van der Waals surface area contributed by atoms with Gasteiger partial charge in [-0.25, -0.2) is 0 Å². The summed E-state index contributed by atoms with van der Waals surface area (Å²) in [7, 11) is 0. The Morgan fingerprint density at radius 3 is 2.78 bits per heavy atom. The van der Waals surface area contributed by atoms with Crippen molar-refractivity contribution in [2.75, 3.05) is 32.9 Å². The van der Waals surface area contributed by atoms with E-state index in [9.17, 15) is 0 Å². The van der Waals surface area contributed by atoms with Crippen LogP contribution in [0.5, 0.6) is 5.75 Å². The molecule has 1 aromatic carbocycles. The minimum atomic E-state index is 0.672. The van der Waals surface area contributed by atoms with E-state index in [2.05, 4.69) is 28.2 Å². The second-order valence-electron chi connectivity index (χ2n) is 4.02. The Morgan fingerprint density at radius 1 is 1.17 bits per heavy atom. The van der Waals surface area contributed by atoms with E-state index < -0.39 is 0 Å². The molecule has 1 rings (SSSR count). The summed E-state index contributed by atoms with van der Waals surface area (Å²) in [5.41, 5.74) is 0. The van der Waals surface area contributed by atoms with Crippen LogP contribution in [0.15, 0.2) is 28.7 Å². The van der Waals surface area contributed by atoms with Crippen LogP contribution in [-0.4, -0.2) is 32.9 Å². The van der Waals surface area contributed by atoms with Gasteiger partial charge in [0.05, 0.1) is 6.61 Å². The molecule has 0 fully saturated rings. The molecule has 0 amide bonds. The number of benzene rings is 1. The zero-order valence-corrected chi connectivity index (χ0v) is 12.5. The third-order valence-corrected chi connectivity index (χ3v) is 2.90. The SMILES string of the molecule is CCCCOCCNCCOc1cccc(Br)c1. The molecule has 0 radical (unpaired) electrons. The van der Waals surface area contributed by atoms with Crippen LogP contribution in [0.3, 0.4) is 0 Å². The van der Waals surface area contributed by atoms with Gasteiger partial charge in [-0.15, -0.1) is 0 Å². The smallest absolute Gasteiger partial charge is 0.120 e. The van der Waals surface area contributed by atoms with E-state index in [1.54, 1.807) is 0 Å². The third-order valence-electron chi connectivity index (χ3n) is 2.41. The van der Waals surface area contributed by atoms with Gasteiger partial charge in [-0.2, -0.15) is 0 Å². The van der Waals surface area contributed by atoms with Crippen LogP contribution >= 0.6 is 15.9 Å². The van der Waals surface area contributed by atoms with Gasteiger partial charge >= 0.3 is 0 Å². The molecular weight excluding hydrogens is 294 g/mol. The molecule has 1 N–H and O–H groups in total. The molecule has 0 bridgehead atoms. The Balaban J connectivity index is 1.92. The first-order valence-electron chi connectivity index (χ1n) is 6.49. The van der Waals surface area contributed by atoms with Crippen LogP contribution in [0, 0.1) is 0 Å². The van der Waals surface area contributed by atoms with Gasteiger partial charge < -0.3 is 14.8 Å². The summed E-state index contributed by atoms with van der Waals surface area (Å²) >= 11 is 3.41. The Hall–Kier alpha value is -0.580. The Morgan fingerprint density at radius 2 is 2.00 bits per heavy atom. The van der Waals surface area contributed by atoms with Gasteiger partial charge in [0.1, 0.15) is 12.4 Å². The Kier molecular flexibility index (Phi) is 8.90. The first-order valence-corrected chi connectivity index (χ1v) is 7.29. The molecule has 0 atom stereocenters. The minimum Gasteiger partial charge on any atom is -0.492 e. The van der Waals surface area contributed by atoms with Crippen molar-refractivity contribution in [3.8, 4) is 5.75 Å². The number of unbranched alkanes of at least 4 members (excludes halogenated alkanes) is 1. The Labute approximate surface area is 118 Å². The first-order chi connectivity index (χ1) is 8.83. The topological polar surface area (TPSA) is 30.5 Å². The molecule has 0 heterocycles. The molecule has 1 aromatic rings. The number of rotatable bonds is 10. The average molecular weight is 316 g/mol. The van der Waals surface area contributed by atoms with Crippen molar-refractivity contribution in [1.29, 1.82) is 0 Å². The highest BCUT2D eigenvalue weighted by molar-refractivity contribution is 9.10. The van der Waals surface area contributed by atoms with Crippen molar-refractivity contribution in [1.82, 2.24) is 5.32 Å². The molecule has 0 aliphatic rings. The van der Waals surface area contributed by atoms with Crippen LogP contribution in [-0.2, 0) is 4.74 Å². The molecular formula is C14H22BrNO2. The van der Waals surface area contributed by atoms with Gasteiger partial charge in [-0.3, -0.25) is 0 Å². The van der Waals surface area contributed by atoms with Crippen LogP contribution < -0.4 is 10.1 Å². The van der Waals surface area contributed by atoms with Gasteiger partial charge in [0, 0.05) is 24.2 Å². The van der Waals surface area contributed by atoms with Gasteiger partial charge in [0.2, 0.25) is 0 Å². The quantitative estimate of drug-likeness (QED) is 0.672. The molecule has 3 nitrogen and oxygen atoms in total. The van der Waals surface area contributed by atoms with E-state index in [0.29, 0.717) is 6.61 Å². The lowest BCUT2D eigenvalue weighted by Gasteiger charge is -2.08. The zero-order chi connectivity index (χ0) is 13.1. The number of hydrogen-bond donors (Lipinski definition) is 1. The maximum Gasteiger partial charge on any atom is 0.120 e. The highest BCUT2D eigenvalue weighted by Crippen LogP contribution is 2.17. The summed E-state index contributed by atoms with van der Waals surface area (Å²) < 4.78 is 12.1. The third kappa shape index (κ3) is 7.69. The molecule has 0 aliphatic heterocycles. The van der Waals surface area contributed by atoms with Crippen molar-refractivity contribution in [2.45, 2.75) is 19.8 Å². The lowest BCUT2D eigenvalue weighted by Crippen LogP contribution is -2.25. The summed E-state index contributed by atoms with van der Waals surface area (Å²) in [4.78, 5) is 0. The largest absolute Gasteiger partial charge is 0.492 e. The van der Waals surface area contributed by atoms with Gasteiger partial charge in [-0.05, 0) is 24.6 Å². The molecule has 0 unspecified atom stereocenters. The normalized spacial score (nSPS) is 10.6. The van der Waals surface area contributed by atoms with Crippen LogP contribution in [0.25, 0.3) is 0 Å². The summed E-state index contributed by atoms with van der Waals surface area (Å²) in [5, 5.41) is 3.29. The summed E-state index contributed by atoms with van der Waals surface area (Å²) in [6, 6.07) is 7.87. The zero-order valence-electron chi connectivity index (χ0n) is 11.0. The molecule has 0 saturated carbocycles. The van der Waals surface area contributed by atoms with Crippen LogP contribution in [0.4, 0.5) is 0 Å².